The smallest absolute Gasteiger partial charge is 0.334 e. The van der Waals surface area contributed by atoms with E-state index in [1.807, 2.05) is 60.0 Å². The summed E-state index contributed by atoms with van der Waals surface area (Å²) in [5.74, 6) is 0.497. The number of rotatable bonds is 7. The standard InChI is InChI=1S/C23H22Cl2N2O2/c1-3-29-23(28)19(11-17-7-5-4-6-8-17)12-21-14-26-16(2)27(21)15-18-9-10-20(24)13-22(18)25/h4-10,12-14H,3,11,15H2,1-2H3/b19-12+. The minimum absolute atomic E-state index is 0.323. The van der Waals surface area contributed by atoms with Gasteiger partial charge in [-0.05, 0) is 43.2 Å². The quantitative estimate of drug-likeness (QED) is 0.356. The second-order valence-corrected chi connectivity index (χ2v) is 7.45. The summed E-state index contributed by atoms with van der Waals surface area (Å²) in [6, 6.07) is 15.3. The van der Waals surface area contributed by atoms with Gasteiger partial charge in [0.15, 0.2) is 0 Å². The second-order valence-electron chi connectivity index (χ2n) is 6.60. The van der Waals surface area contributed by atoms with Crippen molar-refractivity contribution < 1.29 is 9.53 Å². The molecule has 1 aromatic heterocycles. The van der Waals surface area contributed by atoms with Crippen LogP contribution >= 0.6 is 23.2 Å². The normalized spacial score (nSPS) is 11.5. The van der Waals surface area contributed by atoms with Gasteiger partial charge in [0.2, 0.25) is 0 Å². The van der Waals surface area contributed by atoms with Crippen LogP contribution in [-0.2, 0) is 22.5 Å². The van der Waals surface area contributed by atoms with Gasteiger partial charge in [0.25, 0.3) is 0 Å². The molecule has 0 N–H and O–H groups in total. The van der Waals surface area contributed by atoms with Gasteiger partial charge < -0.3 is 9.30 Å². The highest BCUT2D eigenvalue weighted by atomic mass is 35.5. The lowest BCUT2D eigenvalue weighted by atomic mass is 10.0. The van der Waals surface area contributed by atoms with E-state index in [9.17, 15) is 4.79 Å². The van der Waals surface area contributed by atoms with Crippen LogP contribution in [0.2, 0.25) is 10.0 Å². The Bertz CT molecular complexity index is 1030. The van der Waals surface area contributed by atoms with Crippen LogP contribution in [0.5, 0.6) is 0 Å². The molecule has 0 aliphatic carbocycles. The summed E-state index contributed by atoms with van der Waals surface area (Å²) in [5.41, 5.74) is 3.34. The molecule has 2 aromatic carbocycles. The molecule has 3 aromatic rings. The van der Waals surface area contributed by atoms with Crippen molar-refractivity contribution in [2.24, 2.45) is 0 Å². The van der Waals surface area contributed by atoms with Crippen molar-refractivity contribution in [1.29, 1.82) is 0 Å². The third kappa shape index (κ3) is 5.49. The lowest BCUT2D eigenvalue weighted by molar-refractivity contribution is -0.138. The Morgan fingerprint density at radius 2 is 1.93 bits per heavy atom. The van der Waals surface area contributed by atoms with Crippen LogP contribution in [0.15, 0.2) is 60.3 Å². The molecule has 29 heavy (non-hydrogen) atoms. The van der Waals surface area contributed by atoms with Crippen LogP contribution in [0.4, 0.5) is 0 Å². The predicted molar refractivity (Wildman–Crippen MR) is 117 cm³/mol. The van der Waals surface area contributed by atoms with E-state index in [2.05, 4.69) is 4.98 Å². The highest BCUT2D eigenvalue weighted by Gasteiger charge is 2.15. The zero-order valence-corrected chi connectivity index (χ0v) is 17.9. The third-order valence-electron chi connectivity index (χ3n) is 4.53. The maximum absolute atomic E-state index is 12.6. The SMILES string of the molecule is CCOC(=O)/C(=C/c1cnc(C)n1Cc1ccc(Cl)cc1Cl)Cc1ccccc1. The highest BCUT2D eigenvalue weighted by Crippen LogP contribution is 2.24. The molecule has 0 saturated carbocycles. The van der Waals surface area contributed by atoms with Gasteiger partial charge in [-0.25, -0.2) is 9.78 Å². The fourth-order valence-electron chi connectivity index (χ4n) is 3.03. The lowest BCUT2D eigenvalue weighted by Gasteiger charge is -2.12. The first-order valence-corrected chi connectivity index (χ1v) is 10.1. The first-order chi connectivity index (χ1) is 14.0. The highest BCUT2D eigenvalue weighted by molar-refractivity contribution is 6.35. The third-order valence-corrected chi connectivity index (χ3v) is 5.11. The number of hydrogen-bond acceptors (Lipinski definition) is 3. The van der Waals surface area contributed by atoms with E-state index >= 15 is 0 Å². The van der Waals surface area contributed by atoms with Gasteiger partial charge in [0, 0.05) is 22.0 Å². The van der Waals surface area contributed by atoms with Crippen LogP contribution in [0.25, 0.3) is 6.08 Å². The predicted octanol–water partition coefficient (Wildman–Crippen LogP) is 5.74. The van der Waals surface area contributed by atoms with Crippen LogP contribution < -0.4 is 0 Å². The zero-order valence-electron chi connectivity index (χ0n) is 16.4. The summed E-state index contributed by atoms with van der Waals surface area (Å²) >= 11 is 12.4. The maximum atomic E-state index is 12.6. The van der Waals surface area contributed by atoms with Crippen molar-refractivity contribution in [3.05, 3.63) is 93.0 Å². The van der Waals surface area contributed by atoms with Crippen molar-refractivity contribution in [3.63, 3.8) is 0 Å². The zero-order chi connectivity index (χ0) is 20.8. The van der Waals surface area contributed by atoms with Crippen molar-refractivity contribution in [2.45, 2.75) is 26.8 Å². The summed E-state index contributed by atoms with van der Waals surface area (Å²) in [7, 11) is 0. The molecule has 3 rings (SSSR count). The topological polar surface area (TPSA) is 44.1 Å². The average Bonchev–Trinajstić information content (AvgIpc) is 3.04. The molecule has 0 unspecified atom stereocenters. The minimum Gasteiger partial charge on any atom is -0.463 e. The van der Waals surface area contributed by atoms with Crippen molar-refractivity contribution in [3.8, 4) is 0 Å². The number of nitrogens with zero attached hydrogens (tertiary/aromatic N) is 2. The number of esters is 1. The summed E-state index contributed by atoms with van der Waals surface area (Å²) in [5, 5.41) is 1.18. The number of carbonyl (C=O) groups excluding carboxylic acids is 1. The van der Waals surface area contributed by atoms with Gasteiger partial charge in [0.05, 0.1) is 25.0 Å². The number of benzene rings is 2. The molecular weight excluding hydrogens is 407 g/mol. The number of ether oxygens (including phenoxy) is 1. The molecule has 0 amide bonds. The lowest BCUT2D eigenvalue weighted by Crippen LogP contribution is -2.11. The van der Waals surface area contributed by atoms with Gasteiger partial charge in [-0.15, -0.1) is 0 Å². The average molecular weight is 429 g/mol. The minimum atomic E-state index is -0.328. The number of carbonyl (C=O) groups is 1. The van der Waals surface area contributed by atoms with Gasteiger partial charge >= 0.3 is 5.97 Å². The summed E-state index contributed by atoms with van der Waals surface area (Å²) < 4.78 is 7.29. The number of halogens is 2. The molecule has 4 nitrogen and oxygen atoms in total. The van der Waals surface area contributed by atoms with Crippen LogP contribution in [0.3, 0.4) is 0 Å². The van der Waals surface area contributed by atoms with E-state index in [1.165, 1.54) is 0 Å². The molecule has 0 aliphatic heterocycles. The summed E-state index contributed by atoms with van der Waals surface area (Å²) in [4.78, 5) is 17.0. The summed E-state index contributed by atoms with van der Waals surface area (Å²) in [6.07, 6.45) is 4.07. The molecule has 150 valence electrons. The first-order valence-electron chi connectivity index (χ1n) is 9.35. The molecule has 0 atom stereocenters. The van der Waals surface area contributed by atoms with E-state index in [1.54, 1.807) is 19.2 Å². The Hall–Kier alpha value is -2.56. The first kappa shape index (κ1) is 21.2. The van der Waals surface area contributed by atoms with Gasteiger partial charge in [-0.1, -0.05) is 59.6 Å². The van der Waals surface area contributed by atoms with E-state index in [4.69, 9.17) is 27.9 Å². The molecule has 0 radical (unpaired) electrons. The Kier molecular flexibility index (Phi) is 7.13. The molecule has 0 fully saturated rings. The van der Waals surface area contributed by atoms with E-state index in [-0.39, 0.29) is 5.97 Å². The Morgan fingerprint density at radius 3 is 2.62 bits per heavy atom. The largest absolute Gasteiger partial charge is 0.463 e. The Labute approximate surface area is 180 Å². The maximum Gasteiger partial charge on any atom is 0.334 e. The monoisotopic (exact) mass is 428 g/mol. The number of imidazole rings is 1. The molecule has 1 heterocycles. The molecule has 0 aliphatic rings. The van der Waals surface area contributed by atoms with Crippen molar-refractivity contribution in [2.75, 3.05) is 6.61 Å². The van der Waals surface area contributed by atoms with Crippen molar-refractivity contribution in [1.82, 2.24) is 9.55 Å². The number of aromatic nitrogens is 2. The van der Waals surface area contributed by atoms with Crippen LogP contribution in [-0.4, -0.2) is 22.1 Å². The number of hydrogen-bond donors (Lipinski definition) is 0. The Morgan fingerprint density at radius 1 is 1.17 bits per heavy atom. The molecule has 0 bridgehead atoms. The van der Waals surface area contributed by atoms with E-state index in [0.29, 0.717) is 35.2 Å². The van der Waals surface area contributed by atoms with Gasteiger partial charge in [0.1, 0.15) is 5.82 Å². The van der Waals surface area contributed by atoms with E-state index in [0.717, 1.165) is 22.6 Å². The van der Waals surface area contributed by atoms with Crippen LogP contribution in [0, 0.1) is 6.92 Å². The molecule has 0 spiro atoms. The molecule has 6 heteroatoms. The fourth-order valence-corrected chi connectivity index (χ4v) is 3.50. The van der Waals surface area contributed by atoms with Crippen molar-refractivity contribution >= 4 is 35.2 Å². The Balaban J connectivity index is 1.96. The molecular formula is C23H22Cl2N2O2. The van der Waals surface area contributed by atoms with E-state index < -0.39 is 0 Å². The molecule has 0 saturated heterocycles. The number of aryl methyl sites for hydroxylation is 1. The fraction of sp³-hybridized carbons (Fsp3) is 0.217. The van der Waals surface area contributed by atoms with Gasteiger partial charge in [-0.3, -0.25) is 0 Å². The summed E-state index contributed by atoms with van der Waals surface area (Å²) in [6.45, 7) is 4.57. The second kappa shape index (κ2) is 9.77. The van der Waals surface area contributed by atoms with Crippen LogP contribution in [0.1, 0.15) is 29.6 Å². The van der Waals surface area contributed by atoms with Gasteiger partial charge in [-0.2, -0.15) is 0 Å².